The van der Waals surface area contributed by atoms with E-state index in [1.807, 2.05) is 24.3 Å². The van der Waals surface area contributed by atoms with Crippen LogP contribution in [0, 0.1) is 0 Å². The minimum Gasteiger partial charge on any atom is -0.497 e. The van der Waals surface area contributed by atoms with Gasteiger partial charge in [-0.15, -0.1) is 0 Å². The molecule has 140 valence electrons. The van der Waals surface area contributed by atoms with Crippen molar-refractivity contribution < 1.29 is 14.3 Å². The van der Waals surface area contributed by atoms with Crippen LogP contribution in [0.1, 0.15) is 44.1 Å². The molecule has 1 unspecified atom stereocenters. The lowest BCUT2D eigenvalue weighted by Crippen LogP contribution is -2.31. The summed E-state index contributed by atoms with van der Waals surface area (Å²) in [5, 5.41) is 5.97. The first-order chi connectivity index (χ1) is 12.6. The van der Waals surface area contributed by atoms with Crippen LogP contribution in [0.15, 0.2) is 29.3 Å². The van der Waals surface area contributed by atoms with Crippen molar-refractivity contribution in [1.82, 2.24) is 10.6 Å². The van der Waals surface area contributed by atoms with E-state index in [1.54, 1.807) is 7.11 Å². The Morgan fingerprint density at radius 3 is 2.69 bits per heavy atom. The van der Waals surface area contributed by atoms with Gasteiger partial charge in [-0.2, -0.15) is 0 Å². The SMILES string of the molecule is COc1ccc(CNC(=O)CC2SC(=NC3CCCCC3)NC2=O)cc1. The normalized spacial score (nSPS) is 22.3. The Labute approximate surface area is 158 Å². The molecule has 2 amide bonds. The predicted octanol–water partition coefficient (Wildman–Crippen LogP) is 2.62. The van der Waals surface area contributed by atoms with Crippen molar-refractivity contribution in [2.45, 2.75) is 56.4 Å². The Morgan fingerprint density at radius 2 is 2.00 bits per heavy atom. The fourth-order valence-corrected chi connectivity index (χ4v) is 4.20. The maximum atomic E-state index is 12.2. The molecule has 2 aliphatic rings. The Kier molecular flexibility index (Phi) is 6.55. The maximum Gasteiger partial charge on any atom is 0.240 e. The highest BCUT2D eigenvalue weighted by atomic mass is 32.2. The number of methoxy groups -OCH3 is 1. The number of carbonyl (C=O) groups excluding carboxylic acids is 2. The summed E-state index contributed by atoms with van der Waals surface area (Å²) in [6.07, 6.45) is 6.03. The molecule has 1 aliphatic heterocycles. The number of rotatable bonds is 6. The van der Waals surface area contributed by atoms with Crippen molar-refractivity contribution in [2.75, 3.05) is 7.11 Å². The van der Waals surface area contributed by atoms with Crippen LogP contribution < -0.4 is 15.4 Å². The van der Waals surface area contributed by atoms with E-state index in [9.17, 15) is 9.59 Å². The van der Waals surface area contributed by atoms with Crippen molar-refractivity contribution in [2.24, 2.45) is 4.99 Å². The topological polar surface area (TPSA) is 79.8 Å². The molecular formula is C19H25N3O3S. The lowest BCUT2D eigenvalue weighted by atomic mass is 9.96. The van der Waals surface area contributed by atoms with Gasteiger partial charge in [-0.05, 0) is 30.5 Å². The summed E-state index contributed by atoms with van der Waals surface area (Å²) in [6.45, 7) is 0.435. The standard InChI is InChI=1S/C19H25N3O3S/c1-25-15-9-7-13(8-10-15)12-20-17(23)11-16-18(24)22-19(26-16)21-14-5-3-2-4-6-14/h7-10,14,16H,2-6,11-12H2,1H3,(H,20,23)(H,21,22,24). The number of nitrogens with one attached hydrogen (secondary N) is 2. The predicted molar refractivity (Wildman–Crippen MR) is 103 cm³/mol. The highest BCUT2D eigenvalue weighted by molar-refractivity contribution is 8.15. The summed E-state index contributed by atoms with van der Waals surface area (Å²) < 4.78 is 5.11. The zero-order chi connectivity index (χ0) is 18.4. The van der Waals surface area contributed by atoms with Gasteiger partial charge in [0, 0.05) is 13.0 Å². The third-order valence-corrected chi connectivity index (χ3v) is 5.77. The molecule has 0 aromatic heterocycles. The van der Waals surface area contributed by atoms with Gasteiger partial charge in [0.25, 0.3) is 0 Å². The van der Waals surface area contributed by atoms with Crippen LogP contribution >= 0.6 is 11.8 Å². The minimum atomic E-state index is -0.395. The van der Waals surface area contributed by atoms with Crippen LogP contribution in [-0.2, 0) is 16.1 Å². The van der Waals surface area contributed by atoms with Gasteiger partial charge in [0.15, 0.2) is 5.17 Å². The van der Waals surface area contributed by atoms with Crippen molar-refractivity contribution >= 4 is 28.7 Å². The zero-order valence-electron chi connectivity index (χ0n) is 15.0. The summed E-state index contributed by atoms with van der Waals surface area (Å²) in [7, 11) is 1.62. The van der Waals surface area contributed by atoms with E-state index in [-0.39, 0.29) is 18.2 Å². The Balaban J connectivity index is 1.46. The molecule has 0 bridgehead atoms. The second-order valence-corrected chi connectivity index (χ2v) is 7.84. The van der Waals surface area contributed by atoms with Crippen LogP contribution in [0.3, 0.4) is 0 Å². The Morgan fingerprint density at radius 1 is 1.27 bits per heavy atom. The molecule has 1 atom stereocenters. The number of hydrogen-bond donors (Lipinski definition) is 2. The number of amidine groups is 1. The van der Waals surface area contributed by atoms with E-state index in [1.165, 1.54) is 31.0 Å². The van der Waals surface area contributed by atoms with Crippen LogP contribution in [0.5, 0.6) is 5.75 Å². The van der Waals surface area contributed by atoms with Gasteiger partial charge >= 0.3 is 0 Å². The summed E-state index contributed by atoms with van der Waals surface area (Å²) >= 11 is 1.38. The number of nitrogens with zero attached hydrogens (tertiary/aromatic N) is 1. The van der Waals surface area contributed by atoms with E-state index in [0.717, 1.165) is 24.2 Å². The van der Waals surface area contributed by atoms with E-state index in [2.05, 4.69) is 15.6 Å². The molecule has 0 radical (unpaired) electrons. The molecule has 3 rings (SSSR count). The summed E-state index contributed by atoms with van der Waals surface area (Å²) in [6, 6.07) is 7.84. The molecule has 1 saturated carbocycles. The molecule has 1 aromatic carbocycles. The fraction of sp³-hybridized carbons (Fsp3) is 0.526. The van der Waals surface area contributed by atoms with Crippen LogP contribution in [0.4, 0.5) is 0 Å². The van der Waals surface area contributed by atoms with Crippen molar-refractivity contribution in [1.29, 1.82) is 0 Å². The van der Waals surface area contributed by atoms with Crippen LogP contribution in [0.2, 0.25) is 0 Å². The lowest BCUT2D eigenvalue weighted by molar-refractivity contribution is -0.125. The first-order valence-electron chi connectivity index (χ1n) is 9.09. The van der Waals surface area contributed by atoms with Gasteiger partial charge in [0.05, 0.1) is 13.2 Å². The fourth-order valence-electron chi connectivity index (χ4n) is 3.16. The largest absolute Gasteiger partial charge is 0.497 e. The summed E-state index contributed by atoms with van der Waals surface area (Å²) in [5.74, 6) is 0.528. The average molecular weight is 375 g/mol. The number of thioether (sulfide) groups is 1. The quantitative estimate of drug-likeness (QED) is 0.801. The van der Waals surface area contributed by atoms with Gasteiger partial charge in [-0.25, -0.2) is 0 Å². The Hall–Kier alpha value is -2.02. The molecular weight excluding hydrogens is 350 g/mol. The molecule has 6 nitrogen and oxygen atoms in total. The van der Waals surface area contributed by atoms with Gasteiger partial charge in [0.2, 0.25) is 11.8 Å². The second kappa shape index (κ2) is 9.07. The minimum absolute atomic E-state index is 0.121. The molecule has 2 fully saturated rings. The monoisotopic (exact) mass is 375 g/mol. The van der Waals surface area contributed by atoms with Gasteiger partial charge in [-0.3, -0.25) is 14.6 Å². The van der Waals surface area contributed by atoms with Gasteiger partial charge < -0.3 is 15.4 Å². The molecule has 1 aromatic rings. The molecule has 7 heteroatoms. The second-order valence-electron chi connectivity index (χ2n) is 6.65. The molecule has 1 heterocycles. The number of amides is 2. The smallest absolute Gasteiger partial charge is 0.240 e. The summed E-state index contributed by atoms with van der Waals surface area (Å²) in [4.78, 5) is 28.9. The average Bonchev–Trinajstić information content (AvgIpc) is 3.00. The maximum absolute atomic E-state index is 12.2. The lowest BCUT2D eigenvalue weighted by Gasteiger charge is -2.17. The number of ether oxygens (including phenoxy) is 1. The number of aliphatic imine (C=N–C) groups is 1. The number of hydrogen-bond acceptors (Lipinski definition) is 5. The zero-order valence-corrected chi connectivity index (χ0v) is 15.8. The molecule has 26 heavy (non-hydrogen) atoms. The van der Waals surface area contributed by atoms with Crippen LogP contribution in [0.25, 0.3) is 0 Å². The van der Waals surface area contributed by atoms with Crippen molar-refractivity contribution in [3.63, 3.8) is 0 Å². The molecule has 1 aliphatic carbocycles. The first-order valence-corrected chi connectivity index (χ1v) is 9.97. The number of benzene rings is 1. The summed E-state index contributed by atoms with van der Waals surface area (Å²) in [5.41, 5.74) is 0.988. The Bertz CT molecular complexity index is 669. The van der Waals surface area contributed by atoms with Crippen molar-refractivity contribution in [3.05, 3.63) is 29.8 Å². The van der Waals surface area contributed by atoms with Gasteiger partial charge in [0.1, 0.15) is 11.0 Å². The third-order valence-electron chi connectivity index (χ3n) is 4.67. The third kappa shape index (κ3) is 5.24. The highest BCUT2D eigenvalue weighted by Gasteiger charge is 2.32. The van der Waals surface area contributed by atoms with E-state index in [4.69, 9.17) is 4.74 Å². The van der Waals surface area contributed by atoms with E-state index < -0.39 is 5.25 Å². The highest BCUT2D eigenvalue weighted by Crippen LogP contribution is 2.26. The first kappa shape index (κ1) is 18.8. The molecule has 2 N–H and O–H groups in total. The molecule has 1 saturated heterocycles. The van der Waals surface area contributed by atoms with Crippen LogP contribution in [-0.4, -0.2) is 35.4 Å². The van der Waals surface area contributed by atoms with E-state index >= 15 is 0 Å². The molecule has 0 spiro atoms. The van der Waals surface area contributed by atoms with Gasteiger partial charge in [-0.1, -0.05) is 43.2 Å². The number of carbonyl (C=O) groups is 2. The van der Waals surface area contributed by atoms with E-state index in [0.29, 0.717) is 17.8 Å². The van der Waals surface area contributed by atoms with Crippen molar-refractivity contribution in [3.8, 4) is 5.75 Å².